The average Bonchev–Trinajstić information content (AvgIpc) is 3.19. The van der Waals surface area contributed by atoms with Gasteiger partial charge < -0.3 is 29.4 Å². The SMILES string of the molecule is C[Si]1(C)C2=[C-]CC(C3c4ccccc4-c4c3c3ccccc3n4-c3ccccc3)=C21.[Cl-].[Cl-].[Zr+3]. The van der Waals surface area contributed by atoms with E-state index in [1.807, 2.05) is 0 Å². The van der Waals surface area contributed by atoms with Crippen LogP contribution in [0.3, 0.4) is 0 Å². The van der Waals surface area contributed by atoms with Crippen molar-refractivity contribution in [1.29, 1.82) is 0 Å². The summed E-state index contributed by atoms with van der Waals surface area (Å²) in [5.74, 6) is 0.361. The van der Waals surface area contributed by atoms with Crippen LogP contribution in [0.1, 0.15) is 23.5 Å². The number of fused-ring (bicyclic) bond motifs is 6. The molecule has 1 fully saturated rings. The predicted octanol–water partition coefficient (Wildman–Crippen LogP) is 0.979. The maximum atomic E-state index is 3.76. The molecule has 3 aromatic carbocycles. The molecular formula is C28H22Cl2NSiZr. The Hall–Kier alpha value is -1.64. The maximum absolute atomic E-state index is 3.76. The molecule has 2 heterocycles. The summed E-state index contributed by atoms with van der Waals surface area (Å²) in [6, 6.07) is 28.9. The van der Waals surface area contributed by atoms with Gasteiger partial charge in [-0.05, 0) is 37.4 Å². The largest absolute Gasteiger partial charge is 3.00 e. The molecule has 3 aliphatic rings. The Balaban J connectivity index is 0.000000864. The van der Waals surface area contributed by atoms with Crippen molar-refractivity contribution in [2.24, 2.45) is 0 Å². The summed E-state index contributed by atoms with van der Waals surface area (Å²) in [6.07, 6.45) is 4.76. The van der Waals surface area contributed by atoms with Crippen molar-refractivity contribution in [3.8, 4) is 16.9 Å². The predicted molar refractivity (Wildman–Crippen MR) is 126 cm³/mol. The van der Waals surface area contributed by atoms with Crippen molar-refractivity contribution in [3.63, 3.8) is 0 Å². The number of para-hydroxylation sites is 2. The van der Waals surface area contributed by atoms with Gasteiger partial charge in [0.25, 0.3) is 0 Å². The van der Waals surface area contributed by atoms with Gasteiger partial charge in [-0.15, -0.1) is 6.42 Å². The number of benzene rings is 3. The van der Waals surface area contributed by atoms with Gasteiger partial charge in [-0.2, -0.15) is 10.8 Å². The summed E-state index contributed by atoms with van der Waals surface area (Å²) in [4.78, 5) is 0. The smallest absolute Gasteiger partial charge is 1.00 e. The van der Waals surface area contributed by atoms with E-state index in [0.29, 0.717) is 5.92 Å². The average molecular weight is 563 g/mol. The molecule has 0 spiro atoms. The van der Waals surface area contributed by atoms with E-state index in [1.165, 1.54) is 39.0 Å². The fraction of sp³-hybridized carbons (Fsp3) is 0.143. The zero-order valence-corrected chi connectivity index (χ0v) is 23.5. The van der Waals surface area contributed by atoms with Gasteiger partial charge in [-0.1, -0.05) is 73.8 Å². The molecule has 0 N–H and O–H groups in total. The molecule has 5 heteroatoms. The second-order valence-corrected chi connectivity index (χ2v) is 13.5. The molecule has 1 nitrogen and oxygen atoms in total. The van der Waals surface area contributed by atoms with Crippen molar-refractivity contribution in [3.05, 3.63) is 112 Å². The molecule has 7 rings (SSSR count). The molecule has 0 saturated carbocycles. The van der Waals surface area contributed by atoms with Crippen molar-refractivity contribution in [2.45, 2.75) is 25.4 Å². The molecule has 1 unspecified atom stereocenters. The number of hydrogen-bond donors (Lipinski definition) is 0. The molecule has 2 aliphatic carbocycles. The third kappa shape index (κ3) is 3.20. The molecule has 1 aromatic heterocycles. The molecule has 1 saturated heterocycles. The van der Waals surface area contributed by atoms with Crippen LogP contribution in [0.25, 0.3) is 27.8 Å². The number of halogens is 2. The number of nitrogens with zero attached hydrogens (tertiary/aromatic N) is 1. The zero-order valence-electron chi connectivity index (χ0n) is 18.5. The second kappa shape index (κ2) is 8.54. The number of rotatable bonds is 2. The molecular weight excluding hydrogens is 541 g/mol. The van der Waals surface area contributed by atoms with Crippen molar-refractivity contribution in [2.75, 3.05) is 0 Å². The van der Waals surface area contributed by atoms with E-state index in [1.54, 1.807) is 16.0 Å². The van der Waals surface area contributed by atoms with Crippen molar-refractivity contribution >= 4 is 19.0 Å². The minimum atomic E-state index is -1.33. The minimum absolute atomic E-state index is 0. The van der Waals surface area contributed by atoms with Gasteiger partial charge in [-0.3, -0.25) is 6.08 Å². The first kappa shape index (κ1) is 24.5. The van der Waals surface area contributed by atoms with Crippen LogP contribution < -0.4 is 24.8 Å². The molecule has 0 amide bonds. The van der Waals surface area contributed by atoms with E-state index in [2.05, 4.69) is 103 Å². The Morgan fingerprint density at radius 2 is 1.52 bits per heavy atom. The minimum Gasteiger partial charge on any atom is -1.00 e. The topological polar surface area (TPSA) is 4.93 Å². The quantitative estimate of drug-likeness (QED) is 0.254. The zero-order chi connectivity index (χ0) is 20.0. The Kier molecular flexibility index (Phi) is 6.34. The number of allylic oxidation sites excluding steroid dienone is 4. The third-order valence-corrected chi connectivity index (χ3v) is 10.6. The van der Waals surface area contributed by atoms with Gasteiger partial charge in [0.15, 0.2) is 0 Å². The van der Waals surface area contributed by atoms with Crippen LogP contribution >= 0.6 is 0 Å². The monoisotopic (exact) mass is 560 g/mol. The van der Waals surface area contributed by atoms with E-state index in [4.69, 9.17) is 0 Å². The van der Waals surface area contributed by atoms with E-state index < -0.39 is 8.07 Å². The summed E-state index contributed by atoms with van der Waals surface area (Å²) >= 11 is 0. The van der Waals surface area contributed by atoms with Crippen LogP contribution in [0.2, 0.25) is 13.1 Å². The van der Waals surface area contributed by atoms with Crippen LogP contribution in [0.5, 0.6) is 0 Å². The van der Waals surface area contributed by atoms with Gasteiger partial charge in [0.2, 0.25) is 0 Å². The van der Waals surface area contributed by atoms with Crippen LogP contribution in [-0.2, 0) is 26.2 Å². The molecule has 4 aromatic rings. The first-order chi connectivity index (χ1) is 14.7. The Bertz CT molecular complexity index is 1450. The van der Waals surface area contributed by atoms with Gasteiger partial charge >= 0.3 is 26.2 Å². The molecule has 33 heavy (non-hydrogen) atoms. The van der Waals surface area contributed by atoms with Crippen LogP contribution in [0.15, 0.2) is 94.8 Å². The van der Waals surface area contributed by atoms with E-state index in [9.17, 15) is 0 Å². The van der Waals surface area contributed by atoms with Gasteiger partial charge in [0, 0.05) is 22.6 Å². The molecule has 161 valence electrons. The number of aromatic nitrogens is 1. The standard InChI is InChI=1S/C28H22NSi.2ClH.Zr/c1-30(2)24-17-16-22(28(24)30)25-19-12-6-7-13-20(19)27-26(25)21-14-8-9-15-23(21)29(27)18-10-4-3-5-11-18;;;/h3-15,25H,16H2,1-2H3;2*1H;/q-1;;;+3/p-2. The Morgan fingerprint density at radius 1 is 0.848 bits per heavy atom. The number of hydrogen-bond acceptors (Lipinski definition) is 0. The normalized spacial score (nSPS) is 18.4. The fourth-order valence-corrected chi connectivity index (χ4v) is 9.51. The second-order valence-electron chi connectivity index (χ2n) is 9.22. The van der Waals surface area contributed by atoms with Crippen LogP contribution in [0.4, 0.5) is 0 Å². The molecule has 1 radical (unpaired) electrons. The van der Waals surface area contributed by atoms with Crippen LogP contribution in [0, 0.1) is 6.08 Å². The Labute approximate surface area is 227 Å². The molecule has 1 aliphatic heterocycles. The van der Waals surface area contributed by atoms with Crippen LogP contribution in [-0.4, -0.2) is 12.6 Å². The molecule has 0 bridgehead atoms. The van der Waals surface area contributed by atoms with Crippen molar-refractivity contribution < 1.29 is 51.0 Å². The Morgan fingerprint density at radius 3 is 2.24 bits per heavy atom. The maximum Gasteiger partial charge on any atom is 3.00 e. The first-order valence-corrected chi connectivity index (χ1v) is 13.8. The summed E-state index contributed by atoms with van der Waals surface area (Å²) < 4.78 is 2.48. The fourth-order valence-electron chi connectivity index (χ4n) is 6.01. The summed E-state index contributed by atoms with van der Waals surface area (Å²) in [7, 11) is -1.33. The van der Waals surface area contributed by atoms with Gasteiger partial charge in [0.1, 0.15) is 0 Å². The van der Waals surface area contributed by atoms with E-state index in [0.717, 1.165) is 6.42 Å². The van der Waals surface area contributed by atoms with E-state index >= 15 is 0 Å². The first-order valence-electron chi connectivity index (χ1n) is 10.8. The van der Waals surface area contributed by atoms with E-state index in [-0.39, 0.29) is 51.0 Å². The third-order valence-electron chi connectivity index (χ3n) is 7.31. The van der Waals surface area contributed by atoms with Gasteiger partial charge in [-0.25, -0.2) is 5.20 Å². The summed E-state index contributed by atoms with van der Waals surface area (Å²) in [5, 5.41) is 4.68. The summed E-state index contributed by atoms with van der Waals surface area (Å²) in [6.45, 7) is 4.97. The van der Waals surface area contributed by atoms with Crippen molar-refractivity contribution in [1.82, 2.24) is 4.57 Å². The molecule has 1 atom stereocenters. The summed E-state index contributed by atoms with van der Waals surface area (Å²) in [5.41, 5.74) is 9.91. The van der Waals surface area contributed by atoms with Gasteiger partial charge in [0.05, 0.1) is 11.2 Å².